The molecule has 2 aromatic heterocycles. The fourth-order valence-electron chi connectivity index (χ4n) is 3.03. The van der Waals surface area contributed by atoms with Gasteiger partial charge in [0.2, 0.25) is 0 Å². The Hall–Kier alpha value is -3.74. The van der Waals surface area contributed by atoms with Crippen LogP contribution in [0.15, 0.2) is 55.0 Å². The second-order valence-electron chi connectivity index (χ2n) is 6.04. The number of nitrogens with zero attached hydrogens (tertiary/aromatic N) is 4. The molecule has 0 aliphatic rings. The van der Waals surface area contributed by atoms with Gasteiger partial charge in [0.25, 0.3) is 0 Å². The van der Waals surface area contributed by atoms with Crippen molar-refractivity contribution >= 4 is 16.7 Å². The van der Waals surface area contributed by atoms with Crippen molar-refractivity contribution in [1.29, 1.82) is 0 Å². The Morgan fingerprint density at radius 2 is 1.71 bits per heavy atom. The van der Waals surface area contributed by atoms with Crippen molar-refractivity contribution in [3.05, 3.63) is 55.0 Å². The summed E-state index contributed by atoms with van der Waals surface area (Å²) >= 11 is 0. The van der Waals surface area contributed by atoms with Crippen molar-refractivity contribution in [2.75, 3.05) is 26.6 Å². The van der Waals surface area contributed by atoms with Crippen LogP contribution in [0.5, 0.6) is 11.5 Å². The van der Waals surface area contributed by atoms with E-state index in [-0.39, 0.29) is 0 Å². The van der Waals surface area contributed by atoms with Gasteiger partial charge in [0, 0.05) is 24.8 Å². The number of aromatic nitrogens is 4. The summed E-state index contributed by atoms with van der Waals surface area (Å²) in [5, 5.41) is 4.01. The quantitative estimate of drug-likeness (QED) is 0.569. The lowest BCUT2D eigenvalue weighted by Crippen LogP contribution is -2.01. The number of rotatable bonds is 5. The van der Waals surface area contributed by atoms with E-state index in [2.05, 4.69) is 25.3 Å². The normalized spacial score (nSPS) is 10.7. The third-order valence-corrected chi connectivity index (χ3v) is 4.44. The molecule has 0 spiro atoms. The smallest absolute Gasteiger partial charge is 0.182 e. The summed E-state index contributed by atoms with van der Waals surface area (Å²) in [5.41, 5.74) is 3.35. The summed E-state index contributed by atoms with van der Waals surface area (Å²) in [4.78, 5) is 17.7. The highest BCUT2D eigenvalue weighted by Gasteiger charge is 2.15. The zero-order chi connectivity index (χ0) is 19.5. The molecule has 0 aliphatic heterocycles. The number of fused-ring (bicyclic) bond motifs is 1. The van der Waals surface area contributed by atoms with Gasteiger partial charge in [-0.3, -0.25) is 4.98 Å². The average Bonchev–Trinajstić information content (AvgIpc) is 2.78. The third kappa shape index (κ3) is 3.18. The van der Waals surface area contributed by atoms with Gasteiger partial charge in [-0.15, -0.1) is 0 Å². The van der Waals surface area contributed by atoms with Gasteiger partial charge < -0.3 is 14.8 Å². The first kappa shape index (κ1) is 17.7. The van der Waals surface area contributed by atoms with Gasteiger partial charge in [-0.25, -0.2) is 15.0 Å². The molecular weight excluding hydrogens is 354 g/mol. The van der Waals surface area contributed by atoms with Crippen LogP contribution in [0.2, 0.25) is 0 Å². The lowest BCUT2D eigenvalue weighted by Gasteiger charge is -2.13. The second-order valence-corrected chi connectivity index (χ2v) is 6.04. The minimum Gasteiger partial charge on any atom is -0.497 e. The molecule has 0 fully saturated rings. The number of anilines is 1. The van der Waals surface area contributed by atoms with E-state index in [0.29, 0.717) is 28.6 Å². The standard InChI is InChI=1S/C21H19N5O2/c1-22-20-16-10-14(13-4-6-15(27-2)7-5-13)11-18(28-3)19(16)25-21(26-20)17-12-23-8-9-24-17/h4-12H,1-3H3,(H,22,25,26). The molecule has 4 aromatic rings. The second kappa shape index (κ2) is 7.48. The van der Waals surface area contributed by atoms with Crippen molar-refractivity contribution in [2.24, 2.45) is 0 Å². The molecule has 4 rings (SSSR count). The lowest BCUT2D eigenvalue weighted by atomic mass is 10.0. The van der Waals surface area contributed by atoms with E-state index < -0.39 is 0 Å². The van der Waals surface area contributed by atoms with Crippen LogP contribution in [-0.2, 0) is 0 Å². The van der Waals surface area contributed by atoms with Crippen LogP contribution in [0.3, 0.4) is 0 Å². The molecule has 2 aromatic carbocycles. The molecular formula is C21H19N5O2. The van der Waals surface area contributed by atoms with Crippen LogP contribution in [0.4, 0.5) is 5.82 Å². The summed E-state index contributed by atoms with van der Waals surface area (Å²) in [6.07, 6.45) is 4.87. The van der Waals surface area contributed by atoms with Crippen molar-refractivity contribution in [2.45, 2.75) is 0 Å². The molecule has 2 heterocycles. The monoisotopic (exact) mass is 373 g/mol. The van der Waals surface area contributed by atoms with Crippen LogP contribution < -0.4 is 14.8 Å². The van der Waals surface area contributed by atoms with E-state index in [4.69, 9.17) is 9.47 Å². The van der Waals surface area contributed by atoms with Crippen molar-refractivity contribution in [3.8, 4) is 34.1 Å². The summed E-state index contributed by atoms with van der Waals surface area (Å²) in [6, 6.07) is 11.9. The van der Waals surface area contributed by atoms with E-state index in [1.54, 1.807) is 32.8 Å². The van der Waals surface area contributed by atoms with Crippen LogP contribution in [0, 0.1) is 0 Å². The summed E-state index contributed by atoms with van der Waals surface area (Å²) in [5.74, 6) is 2.65. The Labute approximate surface area is 162 Å². The van der Waals surface area contributed by atoms with E-state index >= 15 is 0 Å². The molecule has 0 saturated carbocycles. The number of nitrogens with one attached hydrogen (secondary N) is 1. The van der Waals surface area contributed by atoms with Crippen LogP contribution in [-0.4, -0.2) is 41.2 Å². The summed E-state index contributed by atoms with van der Waals surface area (Å²) in [7, 11) is 5.11. The molecule has 0 amide bonds. The maximum Gasteiger partial charge on any atom is 0.182 e. The Kier molecular flexibility index (Phi) is 4.72. The number of ether oxygens (including phenoxy) is 2. The van der Waals surface area contributed by atoms with E-state index in [1.165, 1.54) is 0 Å². The van der Waals surface area contributed by atoms with Gasteiger partial charge in [-0.1, -0.05) is 12.1 Å². The molecule has 0 radical (unpaired) electrons. The summed E-state index contributed by atoms with van der Waals surface area (Å²) < 4.78 is 10.9. The average molecular weight is 373 g/mol. The number of hydrogen-bond acceptors (Lipinski definition) is 7. The predicted molar refractivity (Wildman–Crippen MR) is 109 cm³/mol. The largest absolute Gasteiger partial charge is 0.497 e. The zero-order valence-corrected chi connectivity index (χ0v) is 15.8. The van der Waals surface area contributed by atoms with Gasteiger partial charge in [-0.2, -0.15) is 0 Å². The first-order valence-electron chi connectivity index (χ1n) is 8.72. The van der Waals surface area contributed by atoms with E-state index in [1.807, 2.05) is 43.4 Å². The number of methoxy groups -OCH3 is 2. The van der Waals surface area contributed by atoms with Crippen LogP contribution in [0.25, 0.3) is 33.5 Å². The lowest BCUT2D eigenvalue weighted by molar-refractivity contribution is 0.415. The highest BCUT2D eigenvalue weighted by atomic mass is 16.5. The fourth-order valence-corrected chi connectivity index (χ4v) is 3.03. The SMILES string of the molecule is CNc1nc(-c2cnccn2)nc2c(OC)cc(-c3ccc(OC)cc3)cc12. The first-order valence-corrected chi connectivity index (χ1v) is 8.72. The minimum absolute atomic E-state index is 0.487. The van der Waals surface area contributed by atoms with Gasteiger partial charge in [-0.05, 0) is 35.4 Å². The van der Waals surface area contributed by atoms with E-state index in [9.17, 15) is 0 Å². The Morgan fingerprint density at radius 3 is 2.36 bits per heavy atom. The topological polar surface area (TPSA) is 82.1 Å². The van der Waals surface area contributed by atoms with Crippen molar-refractivity contribution in [3.63, 3.8) is 0 Å². The van der Waals surface area contributed by atoms with Gasteiger partial charge in [0.15, 0.2) is 5.82 Å². The van der Waals surface area contributed by atoms with Crippen molar-refractivity contribution < 1.29 is 9.47 Å². The zero-order valence-electron chi connectivity index (χ0n) is 15.8. The molecule has 140 valence electrons. The van der Waals surface area contributed by atoms with Crippen LogP contribution >= 0.6 is 0 Å². The first-order chi connectivity index (χ1) is 13.7. The molecule has 7 heteroatoms. The Morgan fingerprint density at radius 1 is 0.893 bits per heavy atom. The predicted octanol–water partition coefficient (Wildman–Crippen LogP) is 3.81. The third-order valence-electron chi connectivity index (χ3n) is 4.44. The van der Waals surface area contributed by atoms with Crippen molar-refractivity contribution in [1.82, 2.24) is 19.9 Å². The van der Waals surface area contributed by atoms with Crippen LogP contribution in [0.1, 0.15) is 0 Å². The highest BCUT2D eigenvalue weighted by molar-refractivity contribution is 5.97. The molecule has 0 bridgehead atoms. The molecule has 0 saturated heterocycles. The van der Waals surface area contributed by atoms with E-state index in [0.717, 1.165) is 22.3 Å². The maximum absolute atomic E-state index is 5.65. The highest BCUT2D eigenvalue weighted by Crippen LogP contribution is 2.35. The maximum atomic E-state index is 5.65. The Bertz CT molecular complexity index is 1120. The Balaban J connectivity index is 1.92. The molecule has 7 nitrogen and oxygen atoms in total. The number of hydrogen-bond donors (Lipinski definition) is 1. The van der Waals surface area contributed by atoms with Gasteiger partial charge >= 0.3 is 0 Å². The molecule has 0 atom stereocenters. The molecule has 1 N–H and O–H groups in total. The molecule has 0 unspecified atom stereocenters. The molecule has 0 aliphatic carbocycles. The molecule has 28 heavy (non-hydrogen) atoms. The van der Waals surface area contributed by atoms with Gasteiger partial charge in [0.1, 0.15) is 28.5 Å². The minimum atomic E-state index is 0.487. The number of benzene rings is 2. The van der Waals surface area contributed by atoms with Gasteiger partial charge in [0.05, 0.1) is 20.4 Å². The fraction of sp³-hybridized carbons (Fsp3) is 0.143. The summed E-state index contributed by atoms with van der Waals surface area (Å²) in [6.45, 7) is 0.